The van der Waals surface area contributed by atoms with Crippen LogP contribution >= 0.6 is 0 Å². The fraction of sp³-hybridized carbons (Fsp3) is 0.304. The Hall–Kier alpha value is -2.88. The average molecular weight is 363 g/mol. The summed E-state index contributed by atoms with van der Waals surface area (Å²) in [4.78, 5) is 15.3. The highest BCUT2D eigenvalue weighted by Gasteiger charge is 2.16. The Labute approximate surface area is 159 Å². The first kappa shape index (κ1) is 18.9. The van der Waals surface area contributed by atoms with E-state index in [4.69, 9.17) is 14.5 Å². The third-order valence-electron chi connectivity index (χ3n) is 4.54. The van der Waals surface area contributed by atoms with Crippen molar-refractivity contribution in [2.24, 2.45) is 0 Å². The van der Waals surface area contributed by atoms with E-state index in [0.717, 1.165) is 67.0 Å². The predicted octanol–water partition coefficient (Wildman–Crippen LogP) is 5.98. The van der Waals surface area contributed by atoms with Crippen molar-refractivity contribution >= 4 is 5.97 Å². The van der Waals surface area contributed by atoms with Gasteiger partial charge in [-0.2, -0.15) is 0 Å². The molecule has 140 valence electrons. The maximum absolute atomic E-state index is 10.5. The summed E-state index contributed by atoms with van der Waals surface area (Å²) in [6.07, 6.45) is 5.88. The molecule has 0 amide bonds. The van der Waals surface area contributed by atoms with Crippen LogP contribution in [0.5, 0.6) is 0 Å². The van der Waals surface area contributed by atoms with Crippen LogP contribution in [0.4, 0.5) is 0 Å². The smallest absolute Gasteiger partial charge is 0.303 e. The number of rotatable bonds is 10. The number of benzene rings is 2. The Balaban J connectivity index is 1.65. The number of aromatic nitrogens is 1. The summed E-state index contributed by atoms with van der Waals surface area (Å²) in [5.41, 5.74) is 2.97. The van der Waals surface area contributed by atoms with Gasteiger partial charge in [-0.25, -0.2) is 4.98 Å². The lowest BCUT2D eigenvalue weighted by atomic mass is 10.1. The van der Waals surface area contributed by atoms with Crippen molar-refractivity contribution in [3.63, 3.8) is 0 Å². The van der Waals surface area contributed by atoms with Crippen LogP contribution in [0.2, 0.25) is 0 Å². The number of carboxylic acids is 1. The molecular weight excluding hydrogens is 338 g/mol. The molecule has 0 spiro atoms. The molecule has 0 radical (unpaired) electrons. The Morgan fingerprint density at radius 2 is 1.41 bits per heavy atom. The number of carboxylic acid groups (broad SMARTS) is 1. The first-order valence-corrected chi connectivity index (χ1v) is 9.56. The van der Waals surface area contributed by atoms with Crippen molar-refractivity contribution in [1.82, 2.24) is 4.98 Å². The molecule has 3 rings (SSSR count). The summed E-state index contributed by atoms with van der Waals surface area (Å²) in [6, 6.07) is 20.2. The van der Waals surface area contributed by atoms with Gasteiger partial charge < -0.3 is 9.52 Å². The fourth-order valence-electron chi connectivity index (χ4n) is 3.13. The van der Waals surface area contributed by atoms with E-state index in [1.54, 1.807) is 0 Å². The Morgan fingerprint density at radius 1 is 0.815 bits per heavy atom. The molecule has 0 aliphatic rings. The molecule has 0 bridgehead atoms. The molecule has 4 nitrogen and oxygen atoms in total. The third-order valence-corrected chi connectivity index (χ3v) is 4.54. The zero-order valence-corrected chi connectivity index (χ0v) is 15.4. The zero-order valence-electron chi connectivity index (χ0n) is 15.4. The monoisotopic (exact) mass is 363 g/mol. The van der Waals surface area contributed by atoms with E-state index < -0.39 is 5.97 Å². The molecule has 0 unspecified atom stereocenters. The first-order chi connectivity index (χ1) is 13.2. The number of aliphatic carboxylic acids is 1. The summed E-state index contributed by atoms with van der Waals surface area (Å²) < 4.78 is 6.13. The Kier molecular flexibility index (Phi) is 6.80. The third kappa shape index (κ3) is 5.55. The van der Waals surface area contributed by atoms with Crippen molar-refractivity contribution in [1.29, 1.82) is 0 Å². The van der Waals surface area contributed by atoms with Gasteiger partial charge >= 0.3 is 5.97 Å². The quantitative estimate of drug-likeness (QED) is 0.450. The van der Waals surface area contributed by atoms with Crippen LogP contribution in [0.25, 0.3) is 22.6 Å². The van der Waals surface area contributed by atoms with Crippen LogP contribution in [0.15, 0.2) is 65.1 Å². The normalized spacial score (nSPS) is 10.8. The van der Waals surface area contributed by atoms with Crippen molar-refractivity contribution in [2.75, 3.05) is 0 Å². The second kappa shape index (κ2) is 9.72. The summed E-state index contributed by atoms with van der Waals surface area (Å²) >= 11 is 0. The van der Waals surface area contributed by atoms with Gasteiger partial charge in [0.1, 0.15) is 5.69 Å². The number of carbonyl (C=O) groups is 1. The van der Waals surface area contributed by atoms with Gasteiger partial charge in [-0.1, -0.05) is 79.9 Å². The number of nitrogens with zero attached hydrogens (tertiary/aromatic N) is 1. The van der Waals surface area contributed by atoms with Crippen molar-refractivity contribution < 1.29 is 14.3 Å². The van der Waals surface area contributed by atoms with Crippen LogP contribution < -0.4 is 0 Å². The maximum atomic E-state index is 10.5. The lowest BCUT2D eigenvalue weighted by molar-refractivity contribution is -0.137. The number of aryl methyl sites for hydroxylation is 1. The van der Waals surface area contributed by atoms with Crippen LogP contribution in [0.1, 0.15) is 44.4 Å². The van der Waals surface area contributed by atoms with Gasteiger partial charge in [0.25, 0.3) is 0 Å². The molecule has 4 heteroatoms. The van der Waals surface area contributed by atoms with E-state index in [1.165, 1.54) is 0 Å². The molecule has 0 fully saturated rings. The summed E-state index contributed by atoms with van der Waals surface area (Å²) in [5.74, 6) is 0.869. The molecule has 2 aromatic carbocycles. The maximum Gasteiger partial charge on any atom is 0.303 e. The van der Waals surface area contributed by atoms with E-state index in [2.05, 4.69) is 12.1 Å². The number of unbranched alkanes of at least 4 members (excludes halogenated alkanes) is 4. The number of hydrogen-bond donors (Lipinski definition) is 1. The number of hydrogen-bond acceptors (Lipinski definition) is 3. The molecule has 3 aromatic rings. The molecule has 0 saturated heterocycles. The lowest BCUT2D eigenvalue weighted by Crippen LogP contribution is -1.93. The van der Waals surface area contributed by atoms with Crippen LogP contribution in [0, 0.1) is 0 Å². The van der Waals surface area contributed by atoms with Gasteiger partial charge in [-0.3, -0.25) is 4.79 Å². The minimum Gasteiger partial charge on any atom is -0.481 e. The first-order valence-electron chi connectivity index (χ1n) is 9.56. The zero-order chi connectivity index (χ0) is 18.9. The lowest BCUT2D eigenvalue weighted by Gasteiger charge is -2.00. The fourth-order valence-corrected chi connectivity index (χ4v) is 3.13. The minimum absolute atomic E-state index is 0.264. The second-order valence-corrected chi connectivity index (χ2v) is 6.68. The minimum atomic E-state index is -0.711. The summed E-state index contributed by atoms with van der Waals surface area (Å²) in [7, 11) is 0. The van der Waals surface area contributed by atoms with E-state index in [9.17, 15) is 4.79 Å². The highest BCUT2D eigenvalue weighted by molar-refractivity contribution is 5.76. The van der Waals surface area contributed by atoms with Gasteiger partial charge in [0, 0.05) is 24.0 Å². The number of oxazole rings is 1. The topological polar surface area (TPSA) is 63.3 Å². The van der Waals surface area contributed by atoms with E-state index in [0.29, 0.717) is 0 Å². The van der Waals surface area contributed by atoms with Gasteiger partial charge in [0.2, 0.25) is 0 Å². The molecule has 1 aromatic heterocycles. The van der Waals surface area contributed by atoms with Crippen LogP contribution in [-0.4, -0.2) is 16.1 Å². The SMILES string of the molecule is O=C(O)CCCCCCCc1nc(-c2ccccc2)c(-c2ccccc2)o1. The van der Waals surface area contributed by atoms with Crippen LogP contribution in [-0.2, 0) is 11.2 Å². The van der Waals surface area contributed by atoms with Crippen molar-refractivity contribution in [3.05, 3.63) is 66.6 Å². The van der Waals surface area contributed by atoms with E-state index >= 15 is 0 Å². The predicted molar refractivity (Wildman–Crippen MR) is 106 cm³/mol. The van der Waals surface area contributed by atoms with Gasteiger partial charge in [-0.05, 0) is 12.8 Å². The Morgan fingerprint density at radius 3 is 2.07 bits per heavy atom. The second-order valence-electron chi connectivity index (χ2n) is 6.68. The Bertz CT molecular complexity index is 784. The molecule has 27 heavy (non-hydrogen) atoms. The van der Waals surface area contributed by atoms with Crippen LogP contribution in [0.3, 0.4) is 0 Å². The molecule has 0 aliphatic heterocycles. The van der Waals surface area contributed by atoms with Gasteiger partial charge in [0.05, 0.1) is 0 Å². The van der Waals surface area contributed by atoms with E-state index in [-0.39, 0.29) is 6.42 Å². The van der Waals surface area contributed by atoms with Crippen molar-refractivity contribution in [3.8, 4) is 22.6 Å². The standard InChI is InChI=1S/C23H25NO3/c25-21(26)17-11-3-1-2-10-16-20-24-22(18-12-6-4-7-13-18)23(27-20)19-14-8-5-9-15-19/h4-9,12-15H,1-3,10-11,16-17H2,(H,25,26). The van der Waals surface area contributed by atoms with Gasteiger partial charge in [-0.15, -0.1) is 0 Å². The molecule has 1 N–H and O–H groups in total. The molecule has 0 aliphatic carbocycles. The highest BCUT2D eigenvalue weighted by Crippen LogP contribution is 2.32. The van der Waals surface area contributed by atoms with E-state index in [1.807, 2.05) is 48.5 Å². The molecule has 0 atom stereocenters. The average Bonchev–Trinajstić information content (AvgIpc) is 3.13. The summed E-state index contributed by atoms with van der Waals surface area (Å²) in [5, 5.41) is 8.66. The summed E-state index contributed by atoms with van der Waals surface area (Å²) in [6.45, 7) is 0. The molecular formula is C23H25NO3. The van der Waals surface area contributed by atoms with Crippen molar-refractivity contribution in [2.45, 2.75) is 44.9 Å². The molecule has 1 heterocycles. The largest absolute Gasteiger partial charge is 0.481 e. The molecule has 0 saturated carbocycles. The van der Waals surface area contributed by atoms with Gasteiger partial charge in [0.15, 0.2) is 11.7 Å². The highest BCUT2D eigenvalue weighted by atomic mass is 16.4.